The molecular weight excluding hydrogens is 318 g/mol. The lowest BCUT2D eigenvalue weighted by molar-refractivity contribution is 0.0691. The summed E-state index contributed by atoms with van der Waals surface area (Å²) in [5.41, 5.74) is 2.05. The Bertz CT molecular complexity index is 750. The van der Waals surface area contributed by atoms with Crippen molar-refractivity contribution in [1.82, 2.24) is 15.0 Å². The maximum atomic E-state index is 10.8. The summed E-state index contributed by atoms with van der Waals surface area (Å²) in [6.45, 7) is 0. The highest BCUT2D eigenvalue weighted by molar-refractivity contribution is 9.10. The fraction of sp³-hybridized carbons (Fsp3) is 0. The molecule has 0 fully saturated rings. The molecule has 3 rings (SSSR count). The Balaban J connectivity index is 2.17. The summed E-state index contributed by atoms with van der Waals surface area (Å²) in [4.78, 5) is 22.2. The molecule has 7 heteroatoms. The van der Waals surface area contributed by atoms with Crippen molar-refractivity contribution in [1.29, 1.82) is 0 Å². The molecule has 5 nitrogen and oxygen atoms in total. The largest absolute Gasteiger partial charge is 0.477 e. The molecule has 0 amide bonds. The van der Waals surface area contributed by atoms with Crippen LogP contribution in [0, 0.1) is 0 Å². The number of halogens is 1. The molecule has 0 spiro atoms. The third kappa shape index (κ3) is 1.81. The Morgan fingerprint density at radius 1 is 1.33 bits per heavy atom. The number of fused-ring (bicyclic) bond motifs is 1. The average Bonchev–Trinajstić information content (AvgIpc) is 2.92. The Labute approximate surface area is 114 Å². The number of hydrogen-bond acceptors (Lipinski definition) is 4. The predicted molar refractivity (Wildman–Crippen MR) is 71.9 cm³/mol. The minimum absolute atomic E-state index is 0.00932. The van der Waals surface area contributed by atoms with E-state index in [9.17, 15) is 4.79 Å². The zero-order valence-corrected chi connectivity index (χ0v) is 11.2. The predicted octanol–water partition coefficient (Wildman–Crippen LogP) is 3.15. The second kappa shape index (κ2) is 4.18. The molecule has 0 aromatic carbocycles. The molecule has 18 heavy (non-hydrogen) atoms. The standard InChI is InChI=1S/C11H6BrN3O2S/c12-6-4-18-3-5(6)9-13-7-1-2-8(11(16)17)14-10(7)15-9/h1-4H,(H,16,17)(H,13,14,15). The topological polar surface area (TPSA) is 78.9 Å². The Morgan fingerprint density at radius 2 is 2.17 bits per heavy atom. The van der Waals surface area contributed by atoms with Crippen molar-refractivity contribution in [3.63, 3.8) is 0 Å². The summed E-state index contributed by atoms with van der Waals surface area (Å²) in [6.07, 6.45) is 0. The van der Waals surface area contributed by atoms with Crippen molar-refractivity contribution in [2.75, 3.05) is 0 Å². The number of carboxylic acids is 1. The molecule has 3 heterocycles. The Kier molecular flexibility index (Phi) is 2.64. The van der Waals surface area contributed by atoms with Gasteiger partial charge in [-0.3, -0.25) is 0 Å². The van der Waals surface area contributed by atoms with Crippen LogP contribution in [0.25, 0.3) is 22.6 Å². The van der Waals surface area contributed by atoms with E-state index in [-0.39, 0.29) is 5.69 Å². The van der Waals surface area contributed by atoms with Gasteiger partial charge in [0.05, 0.1) is 5.52 Å². The molecule has 0 unspecified atom stereocenters. The van der Waals surface area contributed by atoms with E-state index in [4.69, 9.17) is 5.11 Å². The van der Waals surface area contributed by atoms with Gasteiger partial charge in [-0.05, 0) is 28.1 Å². The van der Waals surface area contributed by atoms with E-state index in [1.807, 2.05) is 10.8 Å². The maximum Gasteiger partial charge on any atom is 0.354 e. The lowest BCUT2D eigenvalue weighted by Crippen LogP contribution is -1.99. The van der Waals surface area contributed by atoms with Crippen molar-refractivity contribution in [3.05, 3.63) is 33.1 Å². The fourth-order valence-electron chi connectivity index (χ4n) is 1.59. The first-order valence-electron chi connectivity index (χ1n) is 4.97. The van der Waals surface area contributed by atoms with Gasteiger partial charge in [0.2, 0.25) is 0 Å². The number of thiophene rings is 1. The number of carbonyl (C=O) groups is 1. The maximum absolute atomic E-state index is 10.8. The molecule has 2 N–H and O–H groups in total. The van der Waals surface area contributed by atoms with Gasteiger partial charge in [0.25, 0.3) is 0 Å². The van der Waals surface area contributed by atoms with Crippen LogP contribution in [0.3, 0.4) is 0 Å². The van der Waals surface area contributed by atoms with E-state index in [1.54, 1.807) is 17.4 Å². The number of nitrogens with one attached hydrogen (secondary N) is 1. The van der Waals surface area contributed by atoms with Crippen LogP contribution >= 0.6 is 27.3 Å². The van der Waals surface area contributed by atoms with Gasteiger partial charge in [-0.25, -0.2) is 14.8 Å². The zero-order valence-electron chi connectivity index (χ0n) is 8.85. The van der Waals surface area contributed by atoms with Crippen LogP contribution in [-0.2, 0) is 0 Å². The van der Waals surface area contributed by atoms with E-state index in [1.165, 1.54) is 6.07 Å². The van der Waals surface area contributed by atoms with E-state index >= 15 is 0 Å². The molecule has 0 aliphatic carbocycles. The van der Waals surface area contributed by atoms with Crippen LogP contribution < -0.4 is 0 Å². The summed E-state index contributed by atoms with van der Waals surface area (Å²) in [5.74, 6) is -0.383. The molecule has 0 aliphatic rings. The van der Waals surface area contributed by atoms with Gasteiger partial charge in [0.15, 0.2) is 11.3 Å². The zero-order chi connectivity index (χ0) is 12.7. The fourth-order valence-corrected chi connectivity index (χ4v) is 3.06. The molecule has 3 aromatic heterocycles. The van der Waals surface area contributed by atoms with Crippen LogP contribution in [0.2, 0.25) is 0 Å². The first-order valence-corrected chi connectivity index (χ1v) is 6.71. The van der Waals surface area contributed by atoms with Crippen molar-refractivity contribution in [2.45, 2.75) is 0 Å². The van der Waals surface area contributed by atoms with Gasteiger partial charge in [0, 0.05) is 20.8 Å². The molecule has 0 aliphatic heterocycles. The number of nitrogens with zero attached hydrogens (tertiary/aromatic N) is 2. The highest BCUT2D eigenvalue weighted by Gasteiger charge is 2.12. The summed E-state index contributed by atoms with van der Waals surface area (Å²) >= 11 is 4.99. The number of carboxylic acid groups (broad SMARTS) is 1. The van der Waals surface area contributed by atoms with Crippen LogP contribution in [0.4, 0.5) is 0 Å². The number of imidazole rings is 1. The van der Waals surface area contributed by atoms with Gasteiger partial charge >= 0.3 is 5.97 Å². The van der Waals surface area contributed by atoms with Crippen molar-refractivity contribution in [2.24, 2.45) is 0 Å². The van der Waals surface area contributed by atoms with Gasteiger partial charge in [-0.15, -0.1) is 0 Å². The van der Waals surface area contributed by atoms with Crippen LogP contribution in [-0.4, -0.2) is 26.0 Å². The molecule has 3 aromatic rings. The minimum atomic E-state index is -1.06. The molecule has 90 valence electrons. The summed E-state index contributed by atoms with van der Waals surface area (Å²) in [6, 6.07) is 3.12. The number of pyridine rings is 1. The Morgan fingerprint density at radius 3 is 2.83 bits per heavy atom. The second-order valence-corrected chi connectivity index (χ2v) is 5.19. The third-order valence-electron chi connectivity index (χ3n) is 2.43. The lowest BCUT2D eigenvalue weighted by Gasteiger charge is -1.91. The number of rotatable bonds is 2. The van der Waals surface area contributed by atoms with Crippen molar-refractivity contribution in [3.8, 4) is 11.4 Å². The normalized spacial score (nSPS) is 10.9. The van der Waals surface area contributed by atoms with Gasteiger partial charge < -0.3 is 10.1 Å². The molecule has 0 atom stereocenters. The molecule has 0 saturated carbocycles. The molecular formula is C11H6BrN3O2S. The monoisotopic (exact) mass is 323 g/mol. The van der Waals surface area contributed by atoms with E-state index < -0.39 is 5.97 Å². The van der Waals surface area contributed by atoms with Gasteiger partial charge in [-0.1, -0.05) is 0 Å². The number of hydrogen-bond donors (Lipinski definition) is 2. The van der Waals surface area contributed by atoms with Crippen LogP contribution in [0.1, 0.15) is 10.5 Å². The third-order valence-corrected chi connectivity index (χ3v) is 4.14. The molecule has 0 bridgehead atoms. The quantitative estimate of drug-likeness (QED) is 0.759. The first-order chi connectivity index (χ1) is 8.65. The highest BCUT2D eigenvalue weighted by atomic mass is 79.9. The summed E-state index contributed by atoms with van der Waals surface area (Å²) in [7, 11) is 0. The van der Waals surface area contributed by atoms with E-state index in [2.05, 4.69) is 30.9 Å². The molecule has 0 radical (unpaired) electrons. The number of aromatic nitrogens is 3. The lowest BCUT2D eigenvalue weighted by atomic mass is 10.3. The number of aromatic amines is 1. The number of aromatic carboxylic acids is 1. The number of H-pyrrole nitrogens is 1. The Hall–Kier alpha value is -1.73. The van der Waals surface area contributed by atoms with Crippen LogP contribution in [0.5, 0.6) is 0 Å². The van der Waals surface area contributed by atoms with Gasteiger partial charge in [-0.2, -0.15) is 11.3 Å². The van der Waals surface area contributed by atoms with E-state index in [0.717, 1.165) is 10.0 Å². The van der Waals surface area contributed by atoms with Crippen molar-refractivity contribution >= 4 is 44.4 Å². The summed E-state index contributed by atoms with van der Waals surface area (Å²) in [5, 5.41) is 12.8. The average molecular weight is 324 g/mol. The van der Waals surface area contributed by atoms with Crippen LogP contribution in [0.15, 0.2) is 27.4 Å². The smallest absolute Gasteiger partial charge is 0.354 e. The SMILES string of the molecule is O=C(O)c1ccc2[nH]c(-c3cscc3Br)nc2n1. The second-order valence-electron chi connectivity index (χ2n) is 3.59. The first kappa shape index (κ1) is 11.4. The summed E-state index contributed by atoms with van der Waals surface area (Å²) < 4.78 is 0.949. The minimum Gasteiger partial charge on any atom is -0.477 e. The molecule has 0 saturated heterocycles. The van der Waals surface area contributed by atoms with Crippen molar-refractivity contribution < 1.29 is 9.90 Å². The highest BCUT2D eigenvalue weighted by Crippen LogP contribution is 2.30. The van der Waals surface area contributed by atoms with E-state index in [0.29, 0.717) is 17.0 Å². The van der Waals surface area contributed by atoms with Gasteiger partial charge in [0.1, 0.15) is 5.82 Å².